The van der Waals surface area contributed by atoms with Crippen molar-refractivity contribution in [1.82, 2.24) is 15.1 Å². The molecule has 1 aliphatic rings. The number of carbonyl (C=O) groups is 1. The fourth-order valence-corrected chi connectivity index (χ4v) is 3.43. The van der Waals surface area contributed by atoms with Crippen LogP contribution in [0.4, 0.5) is 10.1 Å². The molecule has 2 heterocycles. The Morgan fingerprint density at radius 1 is 1.10 bits per heavy atom. The first-order valence-corrected chi connectivity index (χ1v) is 9.65. The number of aromatic nitrogens is 2. The van der Waals surface area contributed by atoms with Crippen LogP contribution in [0.5, 0.6) is 0 Å². The Balaban J connectivity index is 1.50. The highest BCUT2D eigenvalue weighted by atomic mass is 19.1. The second kappa shape index (κ2) is 8.45. The number of anilines is 1. The van der Waals surface area contributed by atoms with Gasteiger partial charge in [0.25, 0.3) is 5.91 Å². The fraction of sp³-hybridized carbons (Fsp3) is 0.273. The third kappa shape index (κ3) is 4.14. The summed E-state index contributed by atoms with van der Waals surface area (Å²) in [4.78, 5) is 15.1. The SMILES string of the molecule is CC(NC(=O)c1ccccc1N1CCOCC1)c1cnn(-c2ccccc2F)c1. The zero-order valence-corrected chi connectivity index (χ0v) is 16.2. The van der Waals surface area contributed by atoms with Gasteiger partial charge in [0.05, 0.1) is 31.0 Å². The summed E-state index contributed by atoms with van der Waals surface area (Å²) in [6.07, 6.45) is 3.38. The van der Waals surface area contributed by atoms with Gasteiger partial charge in [0.15, 0.2) is 0 Å². The van der Waals surface area contributed by atoms with E-state index in [1.54, 1.807) is 30.6 Å². The highest BCUT2D eigenvalue weighted by Crippen LogP contribution is 2.23. The fourth-order valence-electron chi connectivity index (χ4n) is 3.43. The van der Waals surface area contributed by atoms with Crippen LogP contribution in [0.1, 0.15) is 28.9 Å². The molecule has 1 aliphatic heterocycles. The minimum absolute atomic E-state index is 0.154. The van der Waals surface area contributed by atoms with Crippen LogP contribution in [0.3, 0.4) is 0 Å². The molecular weight excluding hydrogens is 371 g/mol. The maximum Gasteiger partial charge on any atom is 0.253 e. The van der Waals surface area contributed by atoms with Gasteiger partial charge >= 0.3 is 0 Å². The Kier molecular flexibility index (Phi) is 5.57. The lowest BCUT2D eigenvalue weighted by atomic mass is 10.1. The van der Waals surface area contributed by atoms with Gasteiger partial charge in [-0.05, 0) is 31.2 Å². The molecule has 1 N–H and O–H groups in total. The van der Waals surface area contributed by atoms with E-state index in [2.05, 4.69) is 15.3 Å². The van der Waals surface area contributed by atoms with Crippen molar-refractivity contribution >= 4 is 11.6 Å². The second-order valence-electron chi connectivity index (χ2n) is 6.98. The van der Waals surface area contributed by atoms with Crippen LogP contribution < -0.4 is 10.2 Å². The Hall–Kier alpha value is -3.19. The maximum absolute atomic E-state index is 14.0. The molecule has 0 bridgehead atoms. The molecule has 6 nitrogen and oxygen atoms in total. The van der Waals surface area contributed by atoms with E-state index in [9.17, 15) is 9.18 Å². The van der Waals surface area contributed by atoms with Gasteiger partial charge in [-0.2, -0.15) is 5.10 Å². The quantitative estimate of drug-likeness (QED) is 0.721. The number of amides is 1. The average Bonchev–Trinajstić information content (AvgIpc) is 3.25. The van der Waals surface area contributed by atoms with Crippen molar-refractivity contribution in [2.75, 3.05) is 31.2 Å². The van der Waals surface area contributed by atoms with Crippen LogP contribution in [-0.2, 0) is 4.74 Å². The number of para-hydroxylation sites is 2. The predicted octanol–water partition coefficient (Wildman–Crippen LogP) is 3.34. The summed E-state index contributed by atoms with van der Waals surface area (Å²) in [6.45, 7) is 4.71. The van der Waals surface area contributed by atoms with Crippen molar-refractivity contribution in [3.05, 3.63) is 77.9 Å². The first kappa shape index (κ1) is 19.1. The van der Waals surface area contributed by atoms with E-state index < -0.39 is 0 Å². The van der Waals surface area contributed by atoms with Gasteiger partial charge in [0.1, 0.15) is 11.5 Å². The minimum atomic E-state index is -0.349. The molecule has 4 rings (SSSR count). The van der Waals surface area contributed by atoms with Crippen molar-refractivity contribution in [2.45, 2.75) is 13.0 Å². The lowest BCUT2D eigenvalue weighted by Gasteiger charge is -2.30. The zero-order valence-electron chi connectivity index (χ0n) is 16.2. The van der Waals surface area contributed by atoms with Gasteiger partial charge in [-0.25, -0.2) is 9.07 Å². The molecule has 7 heteroatoms. The van der Waals surface area contributed by atoms with Gasteiger partial charge in [-0.15, -0.1) is 0 Å². The molecule has 1 aromatic heterocycles. The van der Waals surface area contributed by atoms with E-state index in [1.807, 2.05) is 31.2 Å². The molecular formula is C22H23FN4O2. The Bertz CT molecular complexity index is 998. The van der Waals surface area contributed by atoms with Crippen LogP contribution in [0.25, 0.3) is 5.69 Å². The second-order valence-corrected chi connectivity index (χ2v) is 6.98. The number of benzene rings is 2. The van der Waals surface area contributed by atoms with Crippen LogP contribution in [-0.4, -0.2) is 42.0 Å². The highest BCUT2D eigenvalue weighted by molar-refractivity contribution is 6.00. The van der Waals surface area contributed by atoms with E-state index in [0.717, 1.165) is 24.3 Å². The molecule has 150 valence electrons. The van der Waals surface area contributed by atoms with E-state index in [1.165, 1.54) is 10.7 Å². The van der Waals surface area contributed by atoms with Crippen LogP contribution in [0.15, 0.2) is 60.9 Å². The Morgan fingerprint density at radius 3 is 2.55 bits per heavy atom. The predicted molar refractivity (Wildman–Crippen MR) is 109 cm³/mol. The first-order chi connectivity index (χ1) is 14.1. The van der Waals surface area contributed by atoms with Crippen LogP contribution >= 0.6 is 0 Å². The van der Waals surface area contributed by atoms with Gasteiger partial charge in [0.2, 0.25) is 0 Å². The van der Waals surface area contributed by atoms with E-state index in [4.69, 9.17) is 4.74 Å². The third-order valence-corrected chi connectivity index (χ3v) is 5.05. The molecule has 1 amide bonds. The molecule has 0 aliphatic carbocycles. The summed E-state index contributed by atoms with van der Waals surface area (Å²) in [5.41, 5.74) is 2.70. The molecule has 0 radical (unpaired) electrons. The highest BCUT2D eigenvalue weighted by Gasteiger charge is 2.20. The van der Waals surface area contributed by atoms with E-state index in [0.29, 0.717) is 24.5 Å². The Labute approximate surface area is 168 Å². The third-order valence-electron chi connectivity index (χ3n) is 5.05. The Morgan fingerprint density at radius 2 is 1.79 bits per heavy atom. The van der Waals surface area contributed by atoms with Gasteiger partial charge < -0.3 is 15.0 Å². The molecule has 29 heavy (non-hydrogen) atoms. The molecule has 1 atom stereocenters. The van der Waals surface area contributed by atoms with Crippen molar-refractivity contribution in [1.29, 1.82) is 0 Å². The summed E-state index contributed by atoms with van der Waals surface area (Å²) >= 11 is 0. The van der Waals surface area contributed by atoms with Crippen molar-refractivity contribution in [3.8, 4) is 5.69 Å². The smallest absolute Gasteiger partial charge is 0.253 e. The van der Waals surface area contributed by atoms with E-state index in [-0.39, 0.29) is 17.8 Å². The van der Waals surface area contributed by atoms with E-state index >= 15 is 0 Å². The largest absolute Gasteiger partial charge is 0.378 e. The number of halogens is 1. The van der Waals surface area contributed by atoms with Crippen molar-refractivity contribution < 1.29 is 13.9 Å². The molecule has 0 saturated carbocycles. The standard InChI is InChI=1S/C22H23FN4O2/c1-16(17-14-24-27(15-17)21-9-5-3-7-19(21)23)25-22(28)18-6-2-4-8-20(18)26-10-12-29-13-11-26/h2-9,14-16H,10-13H2,1H3,(H,25,28). The summed E-state index contributed by atoms with van der Waals surface area (Å²) in [7, 11) is 0. The molecule has 0 spiro atoms. The maximum atomic E-state index is 14.0. The molecule has 3 aromatic rings. The summed E-state index contributed by atoms with van der Waals surface area (Å²) in [5.74, 6) is -0.503. The minimum Gasteiger partial charge on any atom is -0.378 e. The van der Waals surface area contributed by atoms with Gasteiger partial charge in [-0.1, -0.05) is 24.3 Å². The van der Waals surface area contributed by atoms with Crippen LogP contribution in [0.2, 0.25) is 0 Å². The number of ether oxygens (including phenoxy) is 1. The van der Waals surface area contributed by atoms with Gasteiger partial charge in [-0.3, -0.25) is 4.79 Å². The number of nitrogens with one attached hydrogen (secondary N) is 1. The van der Waals surface area contributed by atoms with Gasteiger partial charge in [0, 0.05) is 30.5 Å². The number of nitrogens with zero attached hydrogens (tertiary/aromatic N) is 3. The number of hydrogen-bond acceptors (Lipinski definition) is 4. The summed E-state index contributed by atoms with van der Waals surface area (Å²) < 4.78 is 20.9. The van der Waals surface area contributed by atoms with Crippen molar-refractivity contribution in [2.24, 2.45) is 0 Å². The number of rotatable bonds is 5. The monoisotopic (exact) mass is 394 g/mol. The molecule has 1 saturated heterocycles. The van der Waals surface area contributed by atoms with Crippen molar-refractivity contribution in [3.63, 3.8) is 0 Å². The lowest BCUT2D eigenvalue weighted by Crippen LogP contribution is -2.38. The zero-order chi connectivity index (χ0) is 20.2. The first-order valence-electron chi connectivity index (χ1n) is 9.65. The normalized spacial score (nSPS) is 15.2. The topological polar surface area (TPSA) is 59.4 Å². The molecule has 2 aromatic carbocycles. The number of hydrogen-bond donors (Lipinski definition) is 1. The molecule has 1 unspecified atom stereocenters. The molecule has 1 fully saturated rings. The number of morpholine rings is 1. The van der Waals surface area contributed by atoms with Crippen LogP contribution in [0, 0.1) is 5.82 Å². The summed E-state index contributed by atoms with van der Waals surface area (Å²) in [6, 6.07) is 13.8. The lowest BCUT2D eigenvalue weighted by molar-refractivity contribution is 0.0938. The summed E-state index contributed by atoms with van der Waals surface area (Å²) in [5, 5.41) is 7.27. The number of carbonyl (C=O) groups excluding carboxylic acids is 1. The average molecular weight is 394 g/mol.